The Morgan fingerprint density at radius 3 is 2.46 bits per heavy atom. The summed E-state index contributed by atoms with van der Waals surface area (Å²) in [7, 11) is 0. The van der Waals surface area contributed by atoms with Gasteiger partial charge < -0.3 is 9.88 Å². The van der Waals surface area contributed by atoms with E-state index in [1.165, 1.54) is 33.2 Å². The largest absolute Gasteiger partial charge is 0.340 e. The average molecular weight is 485 g/mol. The van der Waals surface area contributed by atoms with Crippen LogP contribution in [0.4, 0.5) is 5.82 Å². The van der Waals surface area contributed by atoms with Crippen molar-refractivity contribution in [2.45, 2.75) is 26.9 Å². The van der Waals surface area contributed by atoms with E-state index < -0.39 is 0 Å². The second-order valence-electron chi connectivity index (χ2n) is 9.51. The number of rotatable bonds is 6. The van der Waals surface area contributed by atoms with Gasteiger partial charge in [0.1, 0.15) is 0 Å². The SMILES string of the molecule is Cc1c(C)n(Cc2ccccc2)c2ccc(C(=O)Nc3ccn(Cc4cccc5ccccc45)n3)cc12. The molecule has 1 N–H and O–H groups in total. The number of nitrogens with zero attached hydrogens (tertiary/aromatic N) is 3. The van der Waals surface area contributed by atoms with Crippen molar-refractivity contribution in [2.24, 2.45) is 0 Å². The van der Waals surface area contributed by atoms with Crippen LogP contribution >= 0.6 is 0 Å². The standard InChI is InChI=1S/C32H28N4O/c1-22-23(2)36(20-24-9-4-3-5-10-24)30-16-15-26(19-29(22)30)32(37)33-31-17-18-35(34-31)21-27-13-8-12-25-11-6-7-14-28(25)27/h3-19H,20-21H2,1-2H3,(H,33,34,37). The van der Waals surface area contributed by atoms with Gasteiger partial charge in [0, 0.05) is 41.0 Å². The maximum atomic E-state index is 13.1. The summed E-state index contributed by atoms with van der Waals surface area (Å²) >= 11 is 0. The van der Waals surface area contributed by atoms with E-state index in [-0.39, 0.29) is 5.91 Å². The zero-order valence-corrected chi connectivity index (χ0v) is 21.0. The molecular formula is C32H28N4O. The first-order chi connectivity index (χ1) is 18.1. The summed E-state index contributed by atoms with van der Waals surface area (Å²) in [6.45, 7) is 5.70. The number of aromatic nitrogens is 3. The predicted octanol–water partition coefficient (Wildman–Crippen LogP) is 6.96. The van der Waals surface area contributed by atoms with Crippen LogP contribution in [0.3, 0.4) is 0 Å². The number of anilines is 1. The van der Waals surface area contributed by atoms with Gasteiger partial charge in [-0.25, -0.2) is 0 Å². The van der Waals surface area contributed by atoms with E-state index in [1.807, 2.05) is 47.3 Å². The lowest BCUT2D eigenvalue weighted by Crippen LogP contribution is -2.13. The second-order valence-corrected chi connectivity index (χ2v) is 9.51. The first-order valence-electron chi connectivity index (χ1n) is 12.5. The first kappa shape index (κ1) is 22.8. The van der Waals surface area contributed by atoms with E-state index >= 15 is 0 Å². The Morgan fingerprint density at radius 2 is 1.59 bits per heavy atom. The third-order valence-electron chi connectivity index (χ3n) is 7.18. The molecule has 0 radical (unpaired) electrons. The summed E-state index contributed by atoms with van der Waals surface area (Å²) in [5, 5.41) is 11.1. The quantitative estimate of drug-likeness (QED) is 0.278. The lowest BCUT2D eigenvalue weighted by atomic mass is 10.0. The fourth-order valence-corrected chi connectivity index (χ4v) is 5.07. The Hall–Kier alpha value is -4.64. The number of fused-ring (bicyclic) bond motifs is 2. The van der Waals surface area contributed by atoms with Crippen LogP contribution in [0, 0.1) is 13.8 Å². The molecule has 37 heavy (non-hydrogen) atoms. The van der Waals surface area contributed by atoms with Gasteiger partial charge in [-0.05, 0) is 59.5 Å². The zero-order chi connectivity index (χ0) is 25.4. The summed E-state index contributed by atoms with van der Waals surface area (Å²) in [5.74, 6) is 0.380. The van der Waals surface area contributed by atoms with Gasteiger partial charge >= 0.3 is 0 Å². The molecule has 0 saturated carbocycles. The second kappa shape index (κ2) is 9.43. The molecular weight excluding hydrogens is 456 g/mol. The van der Waals surface area contributed by atoms with E-state index in [4.69, 9.17) is 0 Å². The van der Waals surface area contributed by atoms with Crippen LogP contribution in [-0.4, -0.2) is 20.3 Å². The topological polar surface area (TPSA) is 51.9 Å². The van der Waals surface area contributed by atoms with Gasteiger partial charge in [0.25, 0.3) is 5.91 Å². The zero-order valence-electron chi connectivity index (χ0n) is 21.0. The molecule has 0 aliphatic carbocycles. The summed E-state index contributed by atoms with van der Waals surface area (Å²) < 4.78 is 4.18. The van der Waals surface area contributed by atoms with E-state index in [0.29, 0.717) is 17.9 Å². The van der Waals surface area contributed by atoms with E-state index in [2.05, 4.69) is 89.5 Å². The van der Waals surface area contributed by atoms with Gasteiger partial charge in [0.15, 0.2) is 5.82 Å². The van der Waals surface area contributed by atoms with E-state index in [0.717, 1.165) is 17.4 Å². The predicted molar refractivity (Wildman–Crippen MR) is 150 cm³/mol. The number of hydrogen-bond acceptors (Lipinski definition) is 2. The number of aryl methyl sites for hydroxylation is 1. The molecule has 5 heteroatoms. The minimum absolute atomic E-state index is 0.162. The molecule has 0 fully saturated rings. The normalized spacial score (nSPS) is 11.3. The molecule has 2 aromatic heterocycles. The Labute approximate surface area is 216 Å². The van der Waals surface area contributed by atoms with Gasteiger partial charge in [0.05, 0.1) is 6.54 Å². The Bertz CT molecular complexity index is 1740. The molecule has 2 heterocycles. The third kappa shape index (κ3) is 4.40. The molecule has 6 aromatic rings. The van der Waals surface area contributed by atoms with E-state index in [9.17, 15) is 4.79 Å². The summed E-state index contributed by atoms with van der Waals surface area (Å²) in [6.07, 6.45) is 1.90. The first-order valence-corrected chi connectivity index (χ1v) is 12.5. The van der Waals surface area contributed by atoms with Crippen molar-refractivity contribution >= 4 is 33.4 Å². The number of hydrogen-bond donors (Lipinski definition) is 1. The Morgan fingerprint density at radius 1 is 0.811 bits per heavy atom. The molecule has 5 nitrogen and oxygen atoms in total. The molecule has 0 atom stereocenters. The molecule has 0 unspecified atom stereocenters. The highest BCUT2D eigenvalue weighted by Gasteiger charge is 2.15. The van der Waals surface area contributed by atoms with Gasteiger partial charge in [-0.2, -0.15) is 5.10 Å². The Balaban J connectivity index is 1.21. The molecule has 0 aliphatic rings. The molecule has 1 amide bonds. The van der Waals surface area contributed by atoms with Crippen molar-refractivity contribution in [3.63, 3.8) is 0 Å². The maximum Gasteiger partial charge on any atom is 0.256 e. The molecule has 0 bridgehead atoms. The van der Waals surface area contributed by atoms with E-state index in [1.54, 1.807) is 0 Å². The van der Waals surface area contributed by atoms with Gasteiger partial charge in [-0.1, -0.05) is 72.8 Å². The maximum absolute atomic E-state index is 13.1. The molecule has 6 rings (SSSR count). The lowest BCUT2D eigenvalue weighted by molar-refractivity contribution is 0.102. The van der Waals surface area contributed by atoms with Crippen molar-refractivity contribution in [1.82, 2.24) is 14.3 Å². The molecule has 4 aromatic carbocycles. The van der Waals surface area contributed by atoms with Crippen molar-refractivity contribution in [2.75, 3.05) is 5.32 Å². The third-order valence-corrected chi connectivity index (χ3v) is 7.18. The molecule has 0 saturated heterocycles. The minimum Gasteiger partial charge on any atom is -0.340 e. The van der Waals surface area contributed by atoms with Crippen LogP contribution < -0.4 is 5.32 Å². The van der Waals surface area contributed by atoms with Crippen LogP contribution in [0.15, 0.2) is 103 Å². The van der Waals surface area contributed by atoms with Crippen LogP contribution in [0.25, 0.3) is 21.7 Å². The van der Waals surface area contributed by atoms with Gasteiger partial charge in [0.2, 0.25) is 0 Å². The molecule has 182 valence electrons. The van der Waals surface area contributed by atoms with Gasteiger partial charge in [-0.15, -0.1) is 0 Å². The molecule has 0 spiro atoms. The number of carbonyl (C=O) groups excluding carboxylic acids is 1. The fraction of sp³-hybridized carbons (Fsp3) is 0.125. The molecule has 0 aliphatic heterocycles. The number of nitrogens with one attached hydrogen (secondary N) is 1. The number of carbonyl (C=O) groups is 1. The minimum atomic E-state index is -0.162. The monoisotopic (exact) mass is 484 g/mol. The highest BCUT2D eigenvalue weighted by molar-refractivity contribution is 6.06. The van der Waals surface area contributed by atoms with Crippen LogP contribution in [0.2, 0.25) is 0 Å². The number of amides is 1. The van der Waals surface area contributed by atoms with Crippen molar-refractivity contribution in [3.05, 3.63) is 131 Å². The summed E-state index contributed by atoms with van der Waals surface area (Å²) in [4.78, 5) is 13.1. The fourth-order valence-electron chi connectivity index (χ4n) is 5.07. The number of benzene rings is 4. The highest BCUT2D eigenvalue weighted by Crippen LogP contribution is 2.28. The van der Waals surface area contributed by atoms with Gasteiger partial charge in [-0.3, -0.25) is 9.48 Å². The summed E-state index contributed by atoms with van der Waals surface area (Å²) in [6, 6.07) is 32.9. The van der Waals surface area contributed by atoms with Crippen LogP contribution in [-0.2, 0) is 13.1 Å². The highest BCUT2D eigenvalue weighted by atomic mass is 16.1. The smallest absolute Gasteiger partial charge is 0.256 e. The summed E-state index contributed by atoms with van der Waals surface area (Å²) in [5.41, 5.74) is 6.60. The lowest BCUT2D eigenvalue weighted by Gasteiger charge is -2.09. The Kier molecular flexibility index (Phi) is 5.81. The van der Waals surface area contributed by atoms with Crippen LogP contribution in [0.1, 0.15) is 32.7 Å². The van der Waals surface area contributed by atoms with Crippen molar-refractivity contribution in [1.29, 1.82) is 0 Å². The van der Waals surface area contributed by atoms with Crippen molar-refractivity contribution in [3.8, 4) is 0 Å². The average Bonchev–Trinajstić information content (AvgIpc) is 3.46. The van der Waals surface area contributed by atoms with Crippen molar-refractivity contribution < 1.29 is 4.79 Å². The van der Waals surface area contributed by atoms with Crippen LogP contribution in [0.5, 0.6) is 0 Å².